The summed E-state index contributed by atoms with van der Waals surface area (Å²) in [5, 5.41) is 2.41. The summed E-state index contributed by atoms with van der Waals surface area (Å²) in [6.45, 7) is 1.21. The number of fused-ring (bicyclic) bond motifs is 1. The van der Waals surface area contributed by atoms with Crippen molar-refractivity contribution < 1.29 is 31.9 Å². The van der Waals surface area contributed by atoms with Gasteiger partial charge in [-0.15, -0.1) is 0 Å². The summed E-state index contributed by atoms with van der Waals surface area (Å²) >= 11 is 0. The summed E-state index contributed by atoms with van der Waals surface area (Å²) < 4.78 is 60.7. The quantitative estimate of drug-likeness (QED) is 0.466. The number of carbonyl (C=O) groups excluding carboxylic acids is 2. The number of carbonyl (C=O) groups is 2. The van der Waals surface area contributed by atoms with Gasteiger partial charge in [0.1, 0.15) is 29.0 Å². The van der Waals surface area contributed by atoms with E-state index in [1.54, 1.807) is 19.2 Å². The molecule has 0 saturated carbocycles. The largest absolute Gasteiger partial charge is 0.497 e. The monoisotopic (exact) mass is 501 g/mol. The van der Waals surface area contributed by atoms with Crippen molar-refractivity contribution in [2.75, 3.05) is 19.1 Å². The van der Waals surface area contributed by atoms with Crippen LogP contribution in [0, 0.1) is 23.3 Å². The Morgan fingerprint density at radius 2 is 1.69 bits per heavy atom. The van der Waals surface area contributed by atoms with Crippen LogP contribution >= 0.6 is 0 Å². The van der Waals surface area contributed by atoms with Crippen LogP contribution in [-0.4, -0.2) is 31.0 Å². The molecule has 3 aromatic rings. The van der Waals surface area contributed by atoms with Gasteiger partial charge in [-0.2, -0.15) is 0 Å². The van der Waals surface area contributed by atoms with Crippen molar-refractivity contribution in [2.24, 2.45) is 0 Å². The van der Waals surface area contributed by atoms with E-state index in [2.05, 4.69) is 5.32 Å². The molecule has 10 heteroatoms. The molecule has 3 aromatic carbocycles. The molecular weight excluding hydrogens is 478 g/mol. The summed E-state index contributed by atoms with van der Waals surface area (Å²) in [6.07, 6.45) is 0. The Morgan fingerprint density at radius 3 is 2.33 bits per heavy atom. The van der Waals surface area contributed by atoms with Crippen molar-refractivity contribution in [2.45, 2.75) is 26.1 Å². The second-order valence-corrected chi connectivity index (χ2v) is 8.42. The van der Waals surface area contributed by atoms with Crippen molar-refractivity contribution >= 4 is 17.6 Å². The van der Waals surface area contributed by atoms with Gasteiger partial charge in [0, 0.05) is 48.5 Å². The molecule has 1 N–H and O–H groups in total. The molecule has 0 aliphatic carbocycles. The Bertz CT molecular complexity index is 1320. The molecule has 1 aliphatic rings. The third kappa shape index (κ3) is 4.71. The summed E-state index contributed by atoms with van der Waals surface area (Å²) in [6, 6.07) is 9.35. The first-order valence-corrected chi connectivity index (χ1v) is 11.0. The summed E-state index contributed by atoms with van der Waals surface area (Å²) in [5.41, 5.74) is 1.03. The molecule has 0 spiro atoms. The van der Waals surface area contributed by atoms with E-state index in [0.717, 1.165) is 5.56 Å². The highest BCUT2D eigenvalue weighted by Gasteiger charge is 2.34. The van der Waals surface area contributed by atoms with E-state index in [9.17, 15) is 27.2 Å². The molecule has 1 atom stereocenters. The first-order valence-electron chi connectivity index (χ1n) is 11.0. The molecule has 3 amide bonds. The number of hydrogen-bond donors (Lipinski definition) is 1. The normalized spacial score (nSPS) is 15.1. The van der Waals surface area contributed by atoms with E-state index in [-0.39, 0.29) is 23.7 Å². The van der Waals surface area contributed by atoms with Gasteiger partial charge >= 0.3 is 6.03 Å². The van der Waals surface area contributed by atoms with E-state index in [1.807, 2.05) is 6.92 Å². The number of nitrogens with one attached hydrogen (secondary N) is 1. The molecule has 1 heterocycles. The number of benzene rings is 3. The molecular formula is C26H23F4N3O3. The number of urea groups is 1. The molecule has 0 bridgehead atoms. The van der Waals surface area contributed by atoms with Gasteiger partial charge in [0.15, 0.2) is 0 Å². The number of ether oxygens (including phenoxy) is 1. The Labute approximate surface area is 205 Å². The standard InChI is InChI=1S/C26H23F4N3O3/c1-14-19-7-5-15(25(34)31-12-20-22(29)9-17(27)10-23(20)30)8-24(19)33(26(35)32(14)2)13-16-4-6-18(36-3)11-21(16)28/h4-11,14H,12-13H2,1-3H3,(H,31,34). The van der Waals surface area contributed by atoms with Gasteiger partial charge in [0.05, 0.1) is 25.4 Å². The number of rotatable bonds is 6. The van der Waals surface area contributed by atoms with Crippen molar-refractivity contribution in [1.29, 1.82) is 0 Å². The van der Waals surface area contributed by atoms with Gasteiger partial charge in [-0.1, -0.05) is 12.1 Å². The highest BCUT2D eigenvalue weighted by atomic mass is 19.1. The molecule has 1 unspecified atom stereocenters. The second-order valence-electron chi connectivity index (χ2n) is 8.42. The number of halogens is 4. The lowest BCUT2D eigenvalue weighted by molar-refractivity contribution is 0.0950. The fraction of sp³-hybridized carbons (Fsp3) is 0.231. The lowest BCUT2D eigenvalue weighted by Crippen LogP contribution is -2.46. The van der Waals surface area contributed by atoms with Crippen molar-refractivity contribution in [3.63, 3.8) is 0 Å². The van der Waals surface area contributed by atoms with Gasteiger partial charge in [-0.05, 0) is 30.7 Å². The van der Waals surface area contributed by atoms with Crippen LogP contribution in [0.1, 0.15) is 40.0 Å². The minimum atomic E-state index is -1.12. The zero-order valence-electron chi connectivity index (χ0n) is 19.7. The highest BCUT2D eigenvalue weighted by molar-refractivity contribution is 5.99. The van der Waals surface area contributed by atoms with E-state index in [4.69, 9.17) is 4.74 Å². The molecule has 0 radical (unpaired) electrons. The minimum Gasteiger partial charge on any atom is -0.497 e. The van der Waals surface area contributed by atoms with Gasteiger partial charge in [0.2, 0.25) is 0 Å². The number of nitrogens with zero attached hydrogens (tertiary/aromatic N) is 2. The molecule has 0 aromatic heterocycles. The molecule has 6 nitrogen and oxygen atoms in total. The van der Waals surface area contributed by atoms with Gasteiger partial charge in [0.25, 0.3) is 5.91 Å². The van der Waals surface area contributed by atoms with Crippen LogP contribution < -0.4 is 15.0 Å². The third-order valence-corrected chi connectivity index (χ3v) is 6.27. The minimum absolute atomic E-state index is 0.101. The maximum absolute atomic E-state index is 14.6. The number of hydrogen-bond acceptors (Lipinski definition) is 3. The van der Waals surface area contributed by atoms with Crippen LogP contribution in [0.15, 0.2) is 48.5 Å². The zero-order valence-corrected chi connectivity index (χ0v) is 19.7. The molecule has 36 heavy (non-hydrogen) atoms. The van der Waals surface area contributed by atoms with Gasteiger partial charge < -0.3 is 15.0 Å². The van der Waals surface area contributed by atoms with Crippen LogP contribution in [0.3, 0.4) is 0 Å². The van der Waals surface area contributed by atoms with Crippen LogP contribution in [-0.2, 0) is 13.1 Å². The van der Waals surface area contributed by atoms with Crippen LogP contribution in [0.4, 0.5) is 28.0 Å². The first kappa shape index (κ1) is 25.0. The predicted octanol–water partition coefficient (Wildman–Crippen LogP) is 5.31. The zero-order chi connectivity index (χ0) is 26.1. The number of anilines is 1. The molecule has 4 rings (SSSR count). The van der Waals surface area contributed by atoms with E-state index < -0.39 is 47.3 Å². The Morgan fingerprint density at radius 1 is 1.00 bits per heavy atom. The summed E-state index contributed by atoms with van der Waals surface area (Å²) in [5.74, 6) is -4.17. The Kier molecular flexibility index (Phi) is 6.87. The maximum Gasteiger partial charge on any atom is 0.325 e. The lowest BCUT2D eigenvalue weighted by Gasteiger charge is -2.39. The molecule has 0 fully saturated rings. The predicted molar refractivity (Wildman–Crippen MR) is 125 cm³/mol. The number of methoxy groups -OCH3 is 1. The average molecular weight is 501 g/mol. The van der Waals surface area contributed by atoms with Crippen LogP contribution in [0.5, 0.6) is 5.75 Å². The Balaban J connectivity index is 1.63. The third-order valence-electron chi connectivity index (χ3n) is 6.27. The first-order chi connectivity index (χ1) is 17.1. The number of amides is 3. The SMILES string of the molecule is COc1ccc(CN2C(=O)N(C)C(C)c3ccc(C(=O)NCc4c(F)cc(F)cc4F)cc32)c(F)c1. The van der Waals surface area contributed by atoms with Gasteiger partial charge in [-0.3, -0.25) is 9.69 Å². The van der Waals surface area contributed by atoms with Crippen LogP contribution in [0.25, 0.3) is 0 Å². The van der Waals surface area contributed by atoms with Crippen LogP contribution in [0.2, 0.25) is 0 Å². The van der Waals surface area contributed by atoms with Crippen molar-refractivity contribution in [3.05, 3.63) is 94.1 Å². The molecule has 188 valence electrons. The summed E-state index contributed by atoms with van der Waals surface area (Å²) in [4.78, 5) is 28.8. The average Bonchev–Trinajstić information content (AvgIpc) is 2.84. The van der Waals surface area contributed by atoms with Gasteiger partial charge in [-0.25, -0.2) is 22.4 Å². The van der Waals surface area contributed by atoms with E-state index >= 15 is 0 Å². The fourth-order valence-corrected chi connectivity index (χ4v) is 4.06. The smallest absolute Gasteiger partial charge is 0.325 e. The highest BCUT2D eigenvalue weighted by Crippen LogP contribution is 2.37. The molecule has 0 saturated heterocycles. The fourth-order valence-electron chi connectivity index (χ4n) is 4.06. The molecule has 1 aliphatic heterocycles. The Hall–Kier alpha value is -4.08. The maximum atomic E-state index is 14.6. The van der Waals surface area contributed by atoms with E-state index in [1.165, 1.54) is 41.2 Å². The summed E-state index contributed by atoms with van der Waals surface area (Å²) in [7, 11) is 3.04. The van der Waals surface area contributed by atoms with Crippen molar-refractivity contribution in [3.8, 4) is 5.75 Å². The lowest BCUT2D eigenvalue weighted by atomic mass is 9.98. The second kappa shape index (κ2) is 9.88. The van der Waals surface area contributed by atoms with Crippen molar-refractivity contribution in [1.82, 2.24) is 10.2 Å². The topological polar surface area (TPSA) is 61.9 Å². The van der Waals surface area contributed by atoms with E-state index in [0.29, 0.717) is 23.6 Å².